The lowest BCUT2D eigenvalue weighted by molar-refractivity contribution is 0.407. The van der Waals surface area contributed by atoms with Gasteiger partial charge in [-0.1, -0.05) is 13.8 Å². The number of hydrogen-bond donors (Lipinski definition) is 0. The summed E-state index contributed by atoms with van der Waals surface area (Å²) in [7, 11) is 1.69. The Bertz CT molecular complexity index is 611. The number of thiazole rings is 1. The molecule has 2 aromatic rings. The van der Waals surface area contributed by atoms with Gasteiger partial charge < -0.3 is 4.74 Å². The summed E-state index contributed by atoms with van der Waals surface area (Å²) in [4.78, 5) is 4.48. The summed E-state index contributed by atoms with van der Waals surface area (Å²) in [5.74, 6) is 1.30. The topological polar surface area (TPSA) is 45.9 Å². The normalized spacial score (nSPS) is 10.5. The second-order valence-electron chi connectivity index (χ2n) is 4.57. The van der Waals surface area contributed by atoms with Crippen LogP contribution < -0.4 is 4.74 Å². The zero-order valence-corrected chi connectivity index (χ0v) is 12.1. The molecule has 0 aliphatic carbocycles. The SMILES string of the molecule is COc1ccc(-c2csc(CC#N)n2)cc1C(C)C. The number of benzene rings is 1. The van der Waals surface area contributed by atoms with E-state index in [1.54, 1.807) is 7.11 Å². The fourth-order valence-electron chi connectivity index (χ4n) is 1.94. The molecule has 0 N–H and O–H groups in total. The second-order valence-corrected chi connectivity index (χ2v) is 5.52. The van der Waals surface area contributed by atoms with Gasteiger partial charge in [-0.25, -0.2) is 4.98 Å². The molecule has 4 heteroatoms. The first-order chi connectivity index (χ1) is 9.15. The molecule has 0 aliphatic rings. The third-order valence-electron chi connectivity index (χ3n) is 2.93. The molecule has 1 aromatic heterocycles. The minimum Gasteiger partial charge on any atom is -0.496 e. The Kier molecular flexibility index (Phi) is 4.18. The summed E-state index contributed by atoms with van der Waals surface area (Å²) < 4.78 is 5.38. The number of nitrogens with zero attached hydrogens (tertiary/aromatic N) is 2. The van der Waals surface area contributed by atoms with Crippen molar-refractivity contribution in [2.75, 3.05) is 7.11 Å². The van der Waals surface area contributed by atoms with E-state index in [0.717, 1.165) is 22.0 Å². The number of nitriles is 1. The standard InChI is InChI=1S/C15H16N2OS/c1-10(2)12-8-11(4-5-14(12)18-3)13-9-19-15(17-13)6-7-16/h4-5,8-10H,6H2,1-3H3. The van der Waals surface area contributed by atoms with Gasteiger partial charge in [-0.3, -0.25) is 0 Å². The first-order valence-corrected chi connectivity index (χ1v) is 7.03. The number of hydrogen-bond acceptors (Lipinski definition) is 4. The summed E-state index contributed by atoms with van der Waals surface area (Å²) in [5.41, 5.74) is 3.18. The predicted molar refractivity (Wildman–Crippen MR) is 77.5 cm³/mol. The molecular formula is C15H16N2OS. The van der Waals surface area contributed by atoms with E-state index in [1.807, 2.05) is 17.5 Å². The molecule has 19 heavy (non-hydrogen) atoms. The number of rotatable bonds is 4. The van der Waals surface area contributed by atoms with Gasteiger partial charge in [-0.15, -0.1) is 11.3 Å². The Morgan fingerprint density at radius 2 is 2.21 bits per heavy atom. The Morgan fingerprint density at radius 3 is 2.84 bits per heavy atom. The van der Waals surface area contributed by atoms with Crippen molar-refractivity contribution in [2.24, 2.45) is 0 Å². The molecule has 0 saturated carbocycles. The third-order valence-corrected chi connectivity index (χ3v) is 3.78. The van der Waals surface area contributed by atoms with Gasteiger partial charge in [0.2, 0.25) is 0 Å². The van der Waals surface area contributed by atoms with Crippen molar-refractivity contribution in [1.29, 1.82) is 5.26 Å². The minimum absolute atomic E-state index is 0.373. The van der Waals surface area contributed by atoms with Crippen LogP contribution in [0.4, 0.5) is 0 Å². The monoisotopic (exact) mass is 272 g/mol. The lowest BCUT2D eigenvalue weighted by Crippen LogP contribution is -1.95. The predicted octanol–water partition coefficient (Wildman–Crippen LogP) is 4.01. The van der Waals surface area contributed by atoms with Crippen LogP contribution in [0, 0.1) is 11.3 Å². The minimum atomic E-state index is 0.373. The van der Waals surface area contributed by atoms with E-state index < -0.39 is 0 Å². The molecule has 0 fully saturated rings. The van der Waals surface area contributed by atoms with Gasteiger partial charge >= 0.3 is 0 Å². The van der Waals surface area contributed by atoms with Gasteiger partial charge in [0.1, 0.15) is 10.8 Å². The van der Waals surface area contributed by atoms with Crippen molar-refractivity contribution in [1.82, 2.24) is 4.98 Å². The fourth-order valence-corrected chi connectivity index (χ4v) is 2.67. The average Bonchev–Trinajstić information content (AvgIpc) is 2.87. The zero-order chi connectivity index (χ0) is 13.8. The van der Waals surface area contributed by atoms with Gasteiger partial charge in [-0.05, 0) is 29.7 Å². The Labute approximate surface area is 117 Å². The molecule has 0 radical (unpaired) electrons. The maximum absolute atomic E-state index is 8.68. The molecule has 2 rings (SSSR count). The summed E-state index contributed by atoms with van der Waals surface area (Å²) in [6.07, 6.45) is 0.373. The Balaban J connectivity index is 2.39. The summed E-state index contributed by atoms with van der Waals surface area (Å²) in [6.45, 7) is 4.29. The summed E-state index contributed by atoms with van der Waals surface area (Å²) >= 11 is 1.53. The van der Waals surface area contributed by atoms with Crippen LogP contribution in [0.3, 0.4) is 0 Å². The van der Waals surface area contributed by atoms with Crippen LogP contribution in [0.2, 0.25) is 0 Å². The molecule has 98 valence electrons. The van der Waals surface area contributed by atoms with Gasteiger partial charge in [0.25, 0.3) is 0 Å². The van der Waals surface area contributed by atoms with E-state index in [1.165, 1.54) is 16.9 Å². The number of ether oxygens (including phenoxy) is 1. The van der Waals surface area contributed by atoms with Crippen LogP contribution in [-0.2, 0) is 6.42 Å². The van der Waals surface area contributed by atoms with Gasteiger partial charge in [0, 0.05) is 10.9 Å². The van der Waals surface area contributed by atoms with Gasteiger partial charge in [0.15, 0.2) is 0 Å². The van der Waals surface area contributed by atoms with Gasteiger partial charge in [-0.2, -0.15) is 5.26 Å². The average molecular weight is 272 g/mol. The molecule has 3 nitrogen and oxygen atoms in total. The molecule has 0 spiro atoms. The van der Waals surface area contributed by atoms with Crippen LogP contribution in [-0.4, -0.2) is 12.1 Å². The van der Waals surface area contributed by atoms with E-state index in [9.17, 15) is 0 Å². The van der Waals surface area contributed by atoms with Gasteiger partial charge in [0.05, 0.1) is 25.3 Å². The maximum atomic E-state index is 8.68. The van der Waals surface area contributed by atoms with Crippen molar-refractivity contribution >= 4 is 11.3 Å². The van der Waals surface area contributed by atoms with Crippen LogP contribution in [0.15, 0.2) is 23.6 Å². The van der Waals surface area contributed by atoms with E-state index in [0.29, 0.717) is 12.3 Å². The molecule has 0 aliphatic heterocycles. The lowest BCUT2D eigenvalue weighted by atomic mass is 9.99. The summed E-state index contributed by atoms with van der Waals surface area (Å²) in [6, 6.07) is 8.23. The second kappa shape index (κ2) is 5.85. The van der Waals surface area contributed by atoms with Crippen molar-refractivity contribution in [3.05, 3.63) is 34.2 Å². The van der Waals surface area contributed by atoms with Crippen molar-refractivity contribution < 1.29 is 4.74 Å². The largest absolute Gasteiger partial charge is 0.496 e. The van der Waals surface area contributed by atoms with Crippen molar-refractivity contribution in [3.63, 3.8) is 0 Å². The number of aromatic nitrogens is 1. The van der Waals surface area contributed by atoms with Crippen LogP contribution >= 0.6 is 11.3 Å². The highest BCUT2D eigenvalue weighted by atomic mass is 32.1. The zero-order valence-electron chi connectivity index (χ0n) is 11.3. The smallest absolute Gasteiger partial charge is 0.122 e. The van der Waals surface area contributed by atoms with Crippen molar-refractivity contribution in [2.45, 2.75) is 26.2 Å². The molecule has 0 unspecified atom stereocenters. The molecule has 0 saturated heterocycles. The lowest BCUT2D eigenvalue weighted by Gasteiger charge is -2.12. The highest BCUT2D eigenvalue weighted by Gasteiger charge is 2.11. The highest BCUT2D eigenvalue weighted by molar-refractivity contribution is 7.10. The molecule has 0 amide bonds. The molecule has 0 bridgehead atoms. The maximum Gasteiger partial charge on any atom is 0.122 e. The molecule has 1 heterocycles. The van der Waals surface area contributed by atoms with Crippen molar-refractivity contribution in [3.8, 4) is 23.1 Å². The third kappa shape index (κ3) is 2.94. The fraction of sp³-hybridized carbons (Fsp3) is 0.333. The molecule has 1 aromatic carbocycles. The van der Waals surface area contributed by atoms with E-state index >= 15 is 0 Å². The van der Waals surface area contributed by atoms with E-state index in [-0.39, 0.29) is 0 Å². The molecule has 0 atom stereocenters. The number of methoxy groups -OCH3 is 1. The quantitative estimate of drug-likeness (QED) is 0.844. The Morgan fingerprint density at radius 1 is 1.42 bits per heavy atom. The van der Waals surface area contributed by atoms with Crippen LogP contribution in [0.5, 0.6) is 5.75 Å². The Hall–Kier alpha value is -1.86. The van der Waals surface area contributed by atoms with Crippen LogP contribution in [0.1, 0.15) is 30.3 Å². The summed E-state index contributed by atoms with van der Waals surface area (Å²) in [5, 5.41) is 11.5. The first kappa shape index (κ1) is 13.6. The first-order valence-electron chi connectivity index (χ1n) is 6.15. The van der Waals surface area contributed by atoms with E-state index in [4.69, 9.17) is 10.00 Å². The molecular weight excluding hydrogens is 256 g/mol. The highest BCUT2D eigenvalue weighted by Crippen LogP contribution is 2.31. The van der Waals surface area contributed by atoms with E-state index in [2.05, 4.69) is 31.0 Å². The van der Waals surface area contributed by atoms with Crippen LogP contribution in [0.25, 0.3) is 11.3 Å².